The van der Waals surface area contributed by atoms with Crippen LogP contribution in [0.15, 0.2) is 34.2 Å². The molecule has 9 heteroatoms. The number of amides is 1. The Balaban J connectivity index is 1.80. The molecule has 2 heterocycles. The Hall–Kier alpha value is -2.29. The van der Waals surface area contributed by atoms with Gasteiger partial charge in [-0.2, -0.15) is 13.2 Å². The number of fused-ring (bicyclic) bond motifs is 1. The van der Waals surface area contributed by atoms with Crippen LogP contribution in [0, 0.1) is 12.8 Å². The Bertz CT molecular complexity index is 940. The first-order valence-corrected chi connectivity index (χ1v) is 9.40. The van der Waals surface area contributed by atoms with Gasteiger partial charge in [0.15, 0.2) is 5.16 Å². The third kappa shape index (κ3) is 4.02. The number of aryl methyl sites for hydroxylation is 1. The van der Waals surface area contributed by atoms with E-state index >= 15 is 0 Å². The van der Waals surface area contributed by atoms with Gasteiger partial charge in [0.25, 0.3) is 5.56 Å². The highest BCUT2D eigenvalue weighted by molar-refractivity contribution is 7.99. The number of halogens is 3. The summed E-state index contributed by atoms with van der Waals surface area (Å²) in [5, 5.41) is 3.09. The highest BCUT2D eigenvalue weighted by atomic mass is 32.2. The zero-order valence-corrected chi connectivity index (χ0v) is 15.6. The molecular formula is C18H18F3N3O2S. The second-order valence-electron chi connectivity index (χ2n) is 6.30. The van der Waals surface area contributed by atoms with E-state index in [1.807, 2.05) is 6.92 Å². The number of benzene rings is 1. The maximum absolute atomic E-state index is 12.8. The van der Waals surface area contributed by atoms with Crippen molar-refractivity contribution in [2.75, 3.05) is 11.1 Å². The summed E-state index contributed by atoms with van der Waals surface area (Å²) < 4.78 is 39.9. The van der Waals surface area contributed by atoms with Crippen LogP contribution in [0.2, 0.25) is 0 Å². The first kappa shape index (κ1) is 19.5. The van der Waals surface area contributed by atoms with Crippen molar-refractivity contribution in [3.63, 3.8) is 0 Å². The van der Waals surface area contributed by atoms with E-state index in [2.05, 4.69) is 10.3 Å². The summed E-state index contributed by atoms with van der Waals surface area (Å²) in [5.74, 6) is -0.552. The molecule has 0 spiro atoms. The number of thioether (sulfide) groups is 1. The zero-order valence-electron chi connectivity index (χ0n) is 14.8. The molecule has 0 saturated heterocycles. The minimum atomic E-state index is -4.48. The summed E-state index contributed by atoms with van der Waals surface area (Å²) in [6.45, 7) is 3.81. The van der Waals surface area contributed by atoms with E-state index in [4.69, 9.17) is 0 Å². The van der Waals surface area contributed by atoms with Gasteiger partial charge in [-0.1, -0.05) is 24.8 Å². The van der Waals surface area contributed by atoms with Gasteiger partial charge in [0, 0.05) is 29.2 Å². The number of hydrogen-bond acceptors (Lipinski definition) is 4. The minimum absolute atomic E-state index is 0.0780. The molecule has 1 aromatic carbocycles. The van der Waals surface area contributed by atoms with Gasteiger partial charge in [0.2, 0.25) is 5.91 Å². The summed E-state index contributed by atoms with van der Waals surface area (Å²) in [7, 11) is 0. The van der Waals surface area contributed by atoms with Crippen molar-refractivity contribution >= 4 is 23.4 Å². The number of carbonyl (C=O) groups excluding carboxylic acids is 1. The molecule has 0 aliphatic carbocycles. The molecular weight excluding hydrogens is 379 g/mol. The molecule has 1 N–H and O–H groups in total. The second-order valence-corrected chi connectivity index (χ2v) is 7.29. The van der Waals surface area contributed by atoms with Crippen LogP contribution < -0.4 is 10.9 Å². The van der Waals surface area contributed by atoms with E-state index in [-0.39, 0.29) is 17.8 Å². The van der Waals surface area contributed by atoms with Crippen molar-refractivity contribution in [1.82, 2.24) is 9.55 Å². The van der Waals surface area contributed by atoms with Crippen LogP contribution in [0.3, 0.4) is 0 Å². The number of aromatic nitrogens is 2. The summed E-state index contributed by atoms with van der Waals surface area (Å²) in [6, 6.07) is 4.49. The van der Waals surface area contributed by atoms with Gasteiger partial charge < -0.3 is 5.32 Å². The van der Waals surface area contributed by atoms with Crippen LogP contribution in [0.25, 0.3) is 0 Å². The van der Waals surface area contributed by atoms with E-state index in [0.717, 1.165) is 12.1 Å². The number of alkyl halides is 3. The van der Waals surface area contributed by atoms with E-state index in [0.29, 0.717) is 28.6 Å². The molecule has 1 atom stereocenters. The average Bonchev–Trinajstić information content (AvgIpc) is 2.61. The maximum atomic E-state index is 12.8. The average molecular weight is 397 g/mol. The molecule has 0 unspecified atom stereocenters. The number of anilines is 1. The first-order valence-electron chi connectivity index (χ1n) is 8.42. The summed E-state index contributed by atoms with van der Waals surface area (Å²) in [6.07, 6.45) is -3.93. The second kappa shape index (κ2) is 7.38. The highest BCUT2D eigenvalue weighted by Gasteiger charge is 2.31. The number of carbonyl (C=O) groups is 1. The van der Waals surface area contributed by atoms with Crippen LogP contribution in [0.4, 0.5) is 18.9 Å². The molecule has 0 radical (unpaired) electrons. The number of hydrogen-bond donors (Lipinski definition) is 1. The Kier molecular flexibility index (Phi) is 5.32. The fraction of sp³-hybridized carbons (Fsp3) is 0.389. The molecule has 1 aliphatic heterocycles. The van der Waals surface area contributed by atoms with Crippen LogP contribution in [0.1, 0.15) is 23.7 Å². The van der Waals surface area contributed by atoms with Crippen molar-refractivity contribution in [3.8, 4) is 0 Å². The highest BCUT2D eigenvalue weighted by Crippen LogP contribution is 2.31. The predicted molar refractivity (Wildman–Crippen MR) is 96.9 cm³/mol. The topological polar surface area (TPSA) is 64.0 Å². The maximum Gasteiger partial charge on any atom is 0.416 e. The van der Waals surface area contributed by atoms with Gasteiger partial charge in [-0.05, 0) is 31.5 Å². The van der Waals surface area contributed by atoms with Crippen molar-refractivity contribution in [1.29, 1.82) is 0 Å². The molecule has 5 nitrogen and oxygen atoms in total. The monoisotopic (exact) mass is 397 g/mol. The quantitative estimate of drug-likeness (QED) is 0.806. The molecule has 0 bridgehead atoms. The Morgan fingerprint density at radius 1 is 1.41 bits per heavy atom. The first-order chi connectivity index (χ1) is 12.7. The molecule has 27 heavy (non-hydrogen) atoms. The standard InChI is InChI=1S/C18H18F3N3O2S/c1-3-14-10(2)22-17-24(16(14)26)8-11(9-27-17)15(25)23-13-6-4-5-12(7-13)18(19,20)21/h4-7,11H,3,8-9H2,1-2H3,(H,23,25)/t11-/m1/s1. The van der Waals surface area contributed by atoms with E-state index in [1.54, 1.807) is 6.92 Å². The van der Waals surface area contributed by atoms with E-state index in [1.165, 1.54) is 28.5 Å². The number of rotatable bonds is 3. The molecule has 1 amide bonds. The predicted octanol–water partition coefficient (Wildman–Crippen LogP) is 3.49. The molecule has 1 aliphatic rings. The molecule has 1 aromatic heterocycles. The Labute approximate surface area is 158 Å². The third-order valence-electron chi connectivity index (χ3n) is 4.43. The fourth-order valence-corrected chi connectivity index (χ4v) is 4.10. The third-order valence-corrected chi connectivity index (χ3v) is 5.57. The summed E-state index contributed by atoms with van der Waals surface area (Å²) in [5.41, 5.74) is 0.386. The van der Waals surface area contributed by atoms with Gasteiger partial charge in [-0.15, -0.1) is 0 Å². The molecule has 3 rings (SSSR count). The van der Waals surface area contributed by atoms with Crippen molar-refractivity contribution in [2.24, 2.45) is 5.92 Å². The largest absolute Gasteiger partial charge is 0.416 e. The molecule has 0 saturated carbocycles. The lowest BCUT2D eigenvalue weighted by atomic mass is 10.1. The van der Waals surface area contributed by atoms with Crippen LogP contribution in [-0.4, -0.2) is 21.2 Å². The van der Waals surface area contributed by atoms with Crippen molar-refractivity contribution in [3.05, 3.63) is 51.4 Å². The Morgan fingerprint density at radius 2 is 2.15 bits per heavy atom. The van der Waals surface area contributed by atoms with Gasteiger partial charge in [0.05, 0.1) is 11.5 Å². The smallest absolute Gasteiger partial charge is 0.326 e. The lowest BCUT2D eigenvalue weighted by molar-refractivity contribution is -0.137. The van der Waals surface area contributed by atoms with Gasteiger partial charge >= 0.3 is 6.18 Å². The zero-order chi connectivity index (χ0) is 19.8. The molecule has 144 valence electrons. The van der Waals surface area contributed by atoms with Crippen molar-refractivity contribution in [2.45, 2.75) is 38.1 Å². The minimum Gasteiger partial charge on any atom is -0.326 e. The fourth-order valence-electron chi connectivity index (χ4n) is 2.98. The lowest BCUT2D eigenvalue weighted by Gasteiger charge is -2.25. The van der Waals surface area contributed by atoms with Crippen LogP contribution in [-0.2, 0) is 23.9 Å². The number of nitrogens with zero attached hydrogens (tertiary/aromatic N) is 2. The summed E-state index contributed by atoms with van der Waals surface area (Å²) >= 11 is 1.30. The van der Waals surface area contributed by atoms with Crippen LogP contribution >= 0.6 is 11.8 Å². The van der Waals surface area contributed by atoms with E-state index < -0.39 is 23.6 Å². The van der Waals surface area contributed by atoms with Gasteiger partial charge in [-0.25, -0.2) is 4.98 Å². The Morgan fingerprint density at radius 3 is 2.81 bits per heavy atom. The molecule has 0 fully saturated rings. The van der Waals surface area contributed by atoms with Gasteiger partial charge in [-0.3, -0.25) is 14.2 Å². The molecule has 2 aromatic rings. The van der Waals surface area contributed by atoms with E-state index in [9.17, 15) is 22.8 Å². The van der Waals surface area contributed by atoms with Gasteiger partial charge in [0.1, 0.15) is 0 Å². The van der Waals surface area contributed by atoms with Crippen LogP contribution in [0.5, 0.6) is 0 Å². The lowest BCUT2D eigenvalue weighted by Crippen LogP contribution is -2.38. The normalized spacial score (nSPS) is 16.7. The number of nitrogens with one attached hydrogen (secondary N) is 1. The SMILES string of the molecule is CCc1c(C)nc2n(c1=O)C[C@@H](C(=O)Nc1cccc(C(F)(F)F)c1)CS2. The summed E-state index contributed by atoms with van der Waals surface area (Å²) in [4.78, 5) is 29.6. The van der Waals surface area contributed by atoms with Crippen molar-refractivity contribution < 1.29 is 18.0 Å².